The van der Waals surface area contributed by atoms with Crippen LogP contribution in [0.2, 0.25) is 0 Å². The first-order chi connectivity index (χ1) is 6.86. The van der Waals surface area contributed by atoms with Crippen molar-refractivity contribution in [2.24, 2.45) is 0 Å². The summed E-state index contributed by atoms with van der Waals surface area (Å²) in [6.45, 7) is 4.56. The standard InChI is InChI=1S/C11H22N2O/c14-11-4-8-13(9-5-11)10-2-1-6-12-7-3-10/h10-12,14H,1-9H2/t10-/m0/s1. The summed E-state index contributed by atoms with van der Waals surface area (Å²) >= 11 is 0. The highest BCUT2D eigenvalue weighted by atomic mass is 16.3. The summed E-state index contributed by atoms with van der Waals surface area (Å²) in [7, 11) is 0. The van der Waals surface area contributed by atoms with Crippen molar-refractivity contribution in [3.63, 3.8) is 0 Å². The zero-order chi connectivity index (χ0) is 9.80. The summed E-state index contributed by atoms with van der Waals surface area (Å²) in [5, 5.41) is 12.9. The molecule has 1 atom stereocenters. The fourth-order valence-electron chi connectivity index (χ4n) is 2.62. The van der Waals surface area contributed by atoms with E-state index in [1.54, 1.807) is 0 Å². The molecule has 0 unspecified atom stereocenters. The van der Waals surface area contributed by atoms with Crippen molar-refractivity contribution in [3.8, 4) is 0 Å². The minimum absolute atomic E-state index is 0.0323. The molecule has 2 aliphatic rings. The van der Waals surface area contributed by atoms with Gasteiger partial charge in [0.15, 0.2) is 0 Å². The summed E-state index contributed by atoms with van der Waals surface area (Å²) < 4.78 is 0. The van der Waals surface area contributed by atoms with Gasteiger partial charge in [0.25, 0.3) is 0 Å². The van der Waals surface area contributed by atoms with Crippen molar-refractivity contribution in [2.75, 3.05) is 26.2 Å². The second-order valence-corrected chi connectivity index (χ2v) is 4.60. The Morgan fingerprint density at radius 3 is 2.57 bits per heavy atom. The lowest BCUT2D eigenvalue weighted by molar-refractivity contribution is 0.0575. The first kappa shape index (κ1) is 10.4. The van der Waals surface area contributed by atoms with Gasteiger partial charge in [0.05, 0.1) is 6.10 Å². The van der Waals surface area contributed by atoms with Gasteiger partial charge in [0.2, 0.25) is 0 Å². The third kappa shape index (κ3) is 2.69. The molecule has 0 saturated carbocycles. The average Bonchev–Trinajstić information content (AvgIpc) is 2.47. The van der Waals surface area contributed by atoms with Gasteiger partial charge in [-0.3, -0.25) is 0 Å². The van der Waals surface area contributed by atoms with Crippen molar-refractivity contribution in [2.45, 2.75) is 44.2 Å². The maximum atomic E-state index is 9.44. The van der Waals surface area contributed by atoms with Crippen LogP contribution in [-0.2, 0) is 0 Å². The molecule has 0 amide bonds. The summed E-state index contributed by atoms with van der Waals surface area (Å²) in [6.07, 6.45) is 5.85. The van der Waals surface area contributed by atoms with Gasteiger partial charge < -0.3 is 15.3 Å². The van der Waals surface area contributed by atoms with Gasteiger partial charge in [-0.25, -0.2) is 0 Å². The second-order valence-electron chi connectivity index (χ2n) is 4.60. The van der Waals surface area contributed by atoms with Crippen LogP contribution < -0.4 is 5.32 Å². The zero-order valence-corrected chi connectivity index (χ0v) is 8.91. The lowest BCUT2D eigenvalue weighted by atomic mass is 10.0. The molecule has 2 saturated heterocycles. The number of likely N-dealkylation sites (tertiary alicyclic amines) is 1. The second kappa shape index (κ2) is 5.10. The average molecular weight is 198 g/mol. The number of aliphatic hydroxyl groups excluding tert-OH is 1. The van der Waals surface area contributed by atoms with Crippen LogP contribution in [0.15, 0.2) is 0 Å². The van der Waals surface area contributed by atoms with Crippen molar-refractivity contribution in [3.05, 3.63) is 0 Å². The number of nitrogens with zero attached hydrogens (tertiary/aromatic N) is 1. The van der Waals surface area contributed by atoms with E-state index >= 15 is 0 Å². The van der Waals surface area contributed by atoms with E-state index in [9.17, 15) is 5.11 Å². The molecule has 0 aromatic rings. The van der Waals surface area contributed by atoms with Crippen molar-refractivity contribution < 1.29 is 5.11 Å². The number of rotatable bonds is 1. The Morgan fingerprint density at radius 1 is 1.00 bits per heavy atom. The molecule has 0 aromatic heterocycles. The Bertz CT molecular complexity index is 159. The molecule has 14 heavy (non-hydrogen) atoms. The van der Waals surface area contributed by atoms with Gasteiger partial charge in [-0.15, -0.1) is 0 Å². The largest absolute Gasteiger partial charge is 0.393 e. The minimum Gasteiger partial charge on any atom is -0.393 e. The highest BCUT2D eigenvalue weighted by molar-refractivity contribution is 4.80. The first-order valence-electron chi connectivity index (χ1n) is 5.99. The van der Waals surface area contributed by atoms with E-state index in [-0.39, 0.29) is 6.10 Å². The summed E-state index contributed by atoms with van der Waals surface area (Å²) in [5.41, 5.74) is 0. The third-order valence-corrected chi connectivity index (χ3v) is 3.56. The van der Waals surface area contributed by atoms with E-state index in [1.807, 2.05) is 0 Å². The molecule has 0 aliphatic carbocycles. The van der Waals surface area contributed by atoms with E-state index in [4.69, 9.17) is 0 Å². The molecule has 0 spiro atoms. The lowest BCUT2D eigenvalue weighted by Gasteiger charge is -2.35. The molecule has 3 nitrogen and oxygen atoms in total. The zero-order valence-electron chi connectivity index (χ0n) is 8.91. The summed E-state index contributed by atoms with van der Waals surface area (Å²) in [4.78, 5) is 2.58. The molecule has 2 rings (SSSR count). The van der Waals surface area contributed by atoms with Crippen molar-refractivity contribution in [1.29, 1.82) is 0 Å². The van der Waals surface area contributed by atoms with Gasteiger partial charge in [-0.05, 0) is 45.2 Å². The maximum absolute atomic E-state index is 9.44. The summed E-state index contributed by atoms with van der Waals surface area (Å²) in [6, 6.07) is 0.775. The van der Waals surface area contributed by atoms with E-state index in [2.05, 4.69) is 10.2 Å². The summed E-state index contributed by atoms with van der Waals surface area (Å²) in [5.74, 6) is 0. The minimum atomic E-state index is -0.0323. The van der Waals surface area contributed by atoms with Crippen molar-refractivity contribution >= 4 is 0 Å². The van der Waals surface area contributed by atoms with Crippen LogP contribution in [-0.4, -0.2) is 48.3 Å². The molecule has 0 radical (unpaired) electrons. The van der Waals surface area contributed by atoms with Gasteiger partial charge in [0.1, 0.15) is 0 Å². The molecule has 3 heteroatoms. The number of piperidine rings is 1. The van der Waals surface area contributed by atoms with Crippen LogP contribution in [0.3, 0.4) is 0 Å². The third-order valence-electron chi connectivity index (χ3n) is 3.56. The molecular formula is C11H22N2O. The Balaban J connectivity index is 1.81. The Kier molecular flexibility index (Phi) is 3.79. The van der Waals surface area contributed by atoms with Gasteiger partial charge in [-0.2, -0.15) is 0 Å². The first-order valence-corrected chi connectivity index (χ1v) is 5.99. The normalized spacial score (nSPS) is 32.8. The maximum Gasteiger partial charge on any atom is 0.0564 e. The molecule has 82 valence electrons. The van der Waals surface area contributed by atoms with Crippen molar-refractivity contribution in [1.82, 2.24) is 10.2 Å². The molecule has 2 fully saturated rings. The van der Waals surface area contributed by atoms with Gasteiger partial charge in [0, 0.05) is 19.1 Å². The molecule has 2 heterocycles. The number of hydrogen-bond acceptors (Lipinski definition) is 3. The molecule has 0 aromatic carbocycles. The number of aliphatic hydroxyl groups is 1. The van der Waals surface area contributed by atoms with Crippen LogP contribution in [0.1, 0.15) is 32.1 Å². The Labute approximate surface area is 86.5 Å². The van der Waals surface area contributed by atoms with Crippen LogP contribution in [0.5, 0.6) is 0 Å². The van der Waals surface area contributed by atoms with Gasteiger partial charge in [-0.1, -0.05) is 0 Å². The SMILES string of the molecule is OC1CCN([C@H]2CCCNCC2)CC1. The fraction of sp³-hybridized carbons (Fsp3) is 1.00. The number of nitrogens with one attached hydrogen (secondary N) is 1. The quantitative estimate of drug-likeness (QED) is 0.647. The lowest BCUT2D eigenvalue weighted by Crippen LogP contribution is -2.43. The van der Waals surface area contributed by atoms with E-state index < -0.39 is 0 Å². The monoisotopic (exact) mass is 198 g/mol. The number of hydrogen-bond donors (Lipinski definition) is 2. The van der Waals surface area contributed by atoms with E-state index in [0.717, 1.165) is 32.0 Å². The van der Waals surface area contributed by atoms with Crippen LogP contribution in [0.4, 0.5) is 0 Å². The molecular weight excluding hydrogens is 176 g/mol. The van der Waals surface area contributed by atoms with Crippen LogP contribution in [0, 0.1) is 0 Å². The predicted octanol–water partition coefficient (Wildman–Crippen LogP) is 0.585. The molecule has 2 aliphatic heterocycles. The highest BCUT2D eigenvalue weighted by Crippen LogP contribution is 2.18. The smallest absolute Gasteiger partial charge is 0.0564 e. The molecule has 0 bridgehead atoms. The Hall–Kier alpha value is -0.120. The topological polar surface area (TPSA) is 35.5 Å². The van der Waals surface area contributed by atoms with Crippen LogP contribution >= 0.6 is 0 Å². The molecule has 2 N–H and O–H groups in total. The van der Waals surface area contributed by atoms with E-state index in [0.29, 0.717) is 0 Å². The Morgan fingerprint density at radius 2 is 1.79 bits per heavy atom. The highest BCUT2D eigenvalue weighted by Gasteiger charge is 2.24. The fourth-order valence-corrected chi connectivity index (χ4v) is 2.62. The van der Waals surface area contributed by atoms with Crippen LogP contribution in [0.25, 0.3) is 0 Å². The van der Waals surface area contributed by atoms with Gasteiger partial charge >= 0.3 is 0 Å². The predicted molar refractivity (Wildman–Crippen MR) is 57.3 cm³/mol. The van der Waals surface area contributed by atoms with E-state index in [1.165, 1.54) is 32.4 Å².